The van der Waals surface area contributed by atoms with Crippen LogP contribution in [0.4, 0.5) is 17.6 Å². The van der Waals surface area contributed by atoms with Crippen molar-refractivity contribution in [1.82, 2.24) is 19.8 Å². The van der Waals surface area contributed by atoms with E-state index in [-0.39, 0.29) is 11.7 Å². The average molecular weight is 352 g/mol. The van der Waals surface area contributed by atoms with Crippen LogP contribution in [0.3, 0.4) is 0 Å². The smallest absolute Gasteiger partial charge is 0.406 e. The third kappa shape index (κ3) is 3.01. The summed E-state index contributed by atoms with van der Waals surface area (Å²) in [5.74, 6) is -0.222. The van der Waals surface area contributed by atoms with Gasteiger partial charge in [0.2, 0.25) is 0 Å². The van der Waals surface area contributed by atoms with Crippen molar-refractivity contribution < 1.29 is 22.3 Å². The third-order valence-electron chi connectivity index (χ3n) is 4.15. The Kier molecular flexibility index (Phi) is 3.25. The van der Waals surface area contributed by atoms with E-state index in [0.717, 1.165) is 0 Å². The largest absolute Gasteiger partial charge is 0.573 e. The van der Waals surface area contributed by atoms with Gasteiger partial charge >= 0.3 is 6.36 Å². The van der Waals surface area contributed by atoms with Crippen molar-refractivity contribution in [1.29, 1.82) is 0 Å². The number of hydrogen-bond acceptors (Lipinski definition) is 4. The van der Waals surface area contributed by atoms with Crippen LogP contribution in [0.5, 0.6) is 5.75 Å². The summed E-state index contributed by atoms with van der Waals surface area (Å²) in [6.45, 7) is 1.50. The van der Waals surface area contributed by atoms with Crippen molar-refractivity contribution in [2.75, 3.05) is 0 Å². The Morgan fingerprint density at radius 1 is 1.12 bits per heavy atom. The maximum absolute atomic E-state index is 13.9. The lowest BCUT2D eigenvalue weighted by Crippen LogP contribution is -2.16. The minimum absolute atomic E-state index is 0.312. The lowest BCUT2D eigenvalue weighted by Gasteiger charge is -2.09. The summed E-state index contributed by atoms with van der Waals surface area (Å²) in [5.41, 5.74) is 0.277. The highest BCUT2D eigenvalue weighted by Crippen LogP contribution is 2.53. The number of nitrogens with zero attached hydrogens (tertiary/aromatic N) is 4. The van der Waals surface area contributed by atoms with Crippen LogP contribution in [0.1, 0.15) is 25.1 Å². The summed E-state index contributed by atoms with van der Waals surface area (Å²) < 4.78 is 55.9. The Morgan fingerprint density at radius 3 is 2.40 bits per heavy atom. The zero-order valence-electron chi connectivity index (χ0n) is 13.0. The van der Waals surface area contributed by atoms with Crippen molar-refractivity contribution >= 4 is 5.65 Å². The normalized spacial score (nSPS) is 23.0. The Hall–Kier alpha value is -2.71. The summed E-state index contributed by atoms with van der Waals surface area (Å²) in [6.07, 6.45) is -4.37. The van der Waals surface area contributed by atoms with Crippen LogP contribution in [0.25, 0.3) is 16.9 Å². The van der Waals surface area contributed by atoms with Gasteiger partial charge in [-0.2, -0.15) is 9.61 Å². The Labute approximate surface area is 139 Å². The van der Waals surface area contributed by atoms with Crippen LogP contribution in [-0.2, 0) is 0 Å². The SMILES string of the molecule is CC1(F)CC1c1nnc2ccc(-c3ccc(OC(F)(F)F)cc3)nn12. The van der Waals surface area contributed by atoms with Gasteiger partial charge in [0.15, 0.2) is 11.5 Å². The lowest BCUT2D eigenvalue weighted by molar-refractivity contribution is -0.274. The minimum Gasteiger partial charge on any atom is -0.406 e. The van der Waals surface area contributed by atoms with Crippen LogP contribution in [0, 0.1) is 0 Å². The van der Waals surface area contributed by atoms with Gasteiger partial charge in [0.25, 0.3) is 0 Å². The van der Waals surface area contributed by atoms with Gasteiger partial charge in [0.1, 0.15) is 11.4 Å². The monoisotopic (exact) mass is 352 g/mol. The molecule has 2 unspecified atom stereocenters. The van der Waals surface area contributed by atoms with E-state index < -0.39 is 12.0 Å². The summed E-state index contributed by atoms with van der Waals surface area (Å²) in [4.78, 5) is 0. The summed E-state index contributed by atoms with van der Waals surface area (Å²) in [5, 5.41) is 12.4. The molecule has 4 rings (SSSR count). The topological polar surface area (TPSA) is 52.3 Å². The molecule has 1 aliphatic carbocycles. The highest BCUT2D eigenvalue weighted by atomic mass is 19.4. The molecule has 0 radical (unpaired) electrons. The number of halogens is 4. The highest BCUT2D eigenvalue weighted by molar-refractivity contribution is 5.61. The molecule has 0 saturated heterocycles. The molecule has 3 aromatic rings. The number of hydrogen-bond donors (Lipinski definition) is 0. The first kappa shape index (κ1) is 15.8. The predicted molar refractivity (Wildman–Crippen MR) is 79.8 cm³/mol. The molecule has 5 nitrogen and oxygen atoms in total. The number of rotatable bonds is 3. The predicted octanol–water partition coefficient (Wildman–Crippen LogP) is 3.91. The number of benzene rings is 1. The summed E-state index contributed by atoms with van der Waals surface area (Å²) in [6, 6.07) is 8.71. The molecule has 1 aromatic carbocycles. The van der Waals surface area contributed by atoms with E-state index in [9.17, 15) is 17.6 Å². The molecule has 0 aliphatic heterocycles. The van der Waals surface area contributed by atoms with Gasteiger partial charge in [-0.3, -0.25) is 0 Å². The molecule has 130 valence electrons. The van der Waals surface area contributed by atoms with E-state index >= 15 is 0 Å². The second-order valence-corrected chi connectivity index (χ2v) is 6.15. The second-order valence-electron chi connectivity index (χ2n) is 6.15. The maximum Gasteiger partial charge on any atom is 0.573 e. The molecule has 0 spiro atoms. The Bertz CT molecular complexity index is 933. The van der Waals surface area contributed by atoms with E-state index in [1.807, 2.05) is 0 Å². The van der Waals surface area contributed by atoms with Crippen LogP contribution in [0.2, 0.25) is 0 Å². The fraction of sp³-hybridized carbons (Fsp3) is 0.312. The zero-order chi connectivity index (χ0) is 17.8. The van der Waals surface area contributed by atoms with Crippen LogP contribution in [0.15, 0.2) is 36.4 Å². The van der Waals surface area contributed by atoms with Gasteiger partial charge < -0.3 is 4.74 Å². The van der Waals surface area contributed by atoms with Gasteiger partial charge in [-0.1, -0.05) is 0 Å². The third-order valence-corrected chi connectivity index (χ3v) is 4.15. The minimum atomic E-state index is -4.74. The number of aromatic nitrogens is 4. The fourth-order valence-corrected chi connectivity index (χ4v) is 2.70. The van der Waals surface area contributed by atoms with Crippen molar-refractivity contribution in [2.24, 2.45) is 0 Å². The Balaban J connectivity index is 1.66. The first-order valence-corrected chi connectivity index (χ1v) is 7.50. The van der Waals surface area contributed by atoms with Crippen LogP contribution in [-0.4, -0.2) is 31.8 Å². The molecular formula is C16H12F4N4O. The van der Waals surface area contributed by atoms with Gasteiger partial charge in [0.05, 0.1) is 11.6 Å². The maximum atomic E-state index is 13.9. The summed E-state index contributed by atoms with van der Waals surface area (Å²) >= 11 is 0. The average Bonchev–Trinajstić information content (AvgIpc) is 2.98. The zero-order valence-corrected chi connectivity index (χ0v) is 13.0. The first-order valence-electron chi connectivity index (χ1n) is 7.50. The molecule has 2 heterocycles. The molecule has 1 aliphatic rings. The van der Waals surface area contributed by atoms with Crippen molar-refractivity contribution in [2.45, 2.75) is 31.3 Å². The van der Waals surface area contributed by atoms with E-state index in [0.29, 0.717) is 29.1 Å². The van der Waals surface area contributed by atoms with Gasteiger partial charge in [-0.05, 0) is 49.7 Å². The molecule has 1 fully saturated rings. The molecule has 25 heavy (non-hydrogen) atoms. The van der Waals surface area contributed by atoms with Crippen molar-refractivity contribution in [3.05, 3.63) is 42.2 Å². The second kappa shape index (κ2) is 5.14. The first-order chi connectivity index (χ1) is 11.7. The van der Waals surface area contributed by atoms with Crippen LogP contribution >= 0.6 is 0 Å². The molecule has 9 heteroatoms. The molecule has 0 bridgehead atoms. The fourth-order valence-electron chi connectivity index (χ4n) is 2.70. The van der Waals surface area contributed by atoms with Crippen molar-refractivity contribution in [3.8, 4) is 17.0 Å². The molecule has 1 saturated carbocycles. The molecule has 2 aromatic heterocycles. The van der Waals surface area contributed by atoms with E-state index in [4.69, 9.17) is 0 Å². The highest BCUT2D eigenvalue weighted by Gasteiger charge is 2.54. The molecular weight excluding hydrogens is 340 g/mol. The van der Waals surface area contributed by atoms with Gasteiger partial charge in [0, 0.05) is 5.56 Å². The molecule has 0 amide bonds. The standard InChI is InChI=1S/C16H12F4N4O/c1-15(17)8-11(15)14-22-21-13-7-6-12(23-24(13)14)9-2-4-10(5-3-9)25-16(18,19)20/h2-7,11H,8H2,1H3. The van der Waals surface area contributed by atoms with E-state index in [1.54, 1.807) is 12.1 Å². The number of alkyl halides is 4. The number of fused-ring (bicyclic) bond motifs is 1. The summed E-state index contributed by atoms with van der Waals surface area (Å²) in [7, 11) is 0. The Morgan fingerprint density at radius 2 is 1.80 bits per heavy atom. The van der Waals surface area contributed by atoms with Crippen LogP contribution < -0.4 is 4.74 Å². The van der Waals surface area contributed by atoms with E-state index in [1.165, 1.54) is 35.7 Å². The van der Waals surface area contributed by atoms with Gasteiger partial charge in [-0.15, -0.1) is 23.4 Å². The molecule has 0 N–H and O–H groups in total. The quantitative estimate of drug-likeness (QED) is 0.671. The van der Waals surface area contributed by atoms with Gasteiger partial charge in [-0.25, -0.2) is 4.39 Å². The van der Waals surface area contributed by atoms with Crippen molar-refractivity contribution in [3.63, 3.8) is 0 Å². The van der Waals surface area contributed by atoms with E-state index in [2.05, 4.69) is 20.0 Å². The number of ether oxygens (including phenoxy) is 1. The molecule has 2 atom stereocenters. The lowest BCUT2D eigenvalue weighted by atomic mass is 10.1.